The van der Waals surface area contributed by atoms with Crippen LogP contribution in [0.5, 0.6) is 11.5 Å². The zero-order valence-electron chi connectivity index (χ0n) is 17.3. The van der Waals surface area contributed by atoms with Gasteiger partial charge in [-0.3, -0.25) is 14.5 Å². The number of carbonyl (C=O) groups is 3. The van der Waals surface area contributed by atoms with Gasteiger partial charge >= 0.3 is 5.97 Å². The van der Waals surface area contributed by atoms with E-state index in [4.69, 9.17) is 39.0 Å². The lowest BCUT2D eigenvalue weighted by Gasteiger charge is -2.21. The number of rotatable bonds is 9. The molecule has 33 heavy (non-hydrogen) atoms. The number of amides is 2. The van der Waals surface area contributed by atoms with E-state index in [2.05, 4.69) is 0 Å². The Kier molecular flexibility index (Phi) is 7.96. The van der Waals surface area contributed by atoms with Crippen LogP contribution >= 0.6 is 35.6 Å². The molecule has 1 atom stereocenters. The number of nitrogens with zero attached hydrogens (tertiary/aromatic N) is 1. The van der Waals surface area contributed by atoms with Crippen LogP contribution in [0, 0.1) is 0 Å². The summed E-state index contributed by atoms with van der Waals surface area (Å²) in [4.78, 5) is 36.7. The fraction of sp³-hybridized carbons (Fsp3) is 0.182. The van der Waals surface area contributed by atoms with Crippen molar-refractivity contribution in [3.05, 3.63) is 63.5 Å². The van der Waals surface area contributed by atoms with Crippen LogP contribution in [0.15, 0.2) is 47.4 Å². The summed E-state index contributed by atoms with van der Waals surface area (Å²) in [6.07, 6.45) is 1.02. The second kappa shape index (κ2) is 10.7. The molecule has 172 valence electrons. The first kappa shape index (κ1) is 24.6. The first-order valence-corrected chi connectivity index (χ1v) is 11.1. The van der Waals surface area contributed by atoms with E-state index < -0.39 is 30.2 Å². The monoisotopic (exact) mass is 506 g/mol. The quantitative estimate of drug-likeness (QED) is 0.392. The number of ether oxygens (including phenoxy) is 2. The highest BCUT2D eigenvalue weighted by Gasteiger charge is 2.41. The fourth-order valence-corrected chi connectivity index (χ4v) is 4.59. The minimum Gasteiger partial charge on any atom is -0.493 e. The second-order valence-corrected chi connectivity index (χ2v) is 8.95. The topological polar surface area (TPSA) is 119 Å². The summed E-state index contributed by atoms with van der Waals surface area (Å²) in [5.74, 6) is -1.92. The molecule has 1 heterocycles. The summed E-state index contributed by atoms with van der Waals surface area (Å²) in [6, 6.07) is 10.9. The number of carbonyl (C=O) groups excluding carboxylic acids is 2. The van der Waals surface area contributed by atoms with Gasteiger partial charge in [-0.2, -0.15) is 0 Å². The van der Waals surface area contributed by atoms with Gasteiger partial charge in [0.2, 0.25) is 5.91 Å². The van der Waals surface area contributed by atoms with E-state index in [1.165, 1.54) is 7.11 Å². The Bertz CT molecular complexity index is 1150. The third-order valence-electron chi connectivity index (χ3n) is 4.64. The van der Waals surface area contributed by atoms with Gasteiger partial charge in [0.1, 0.15) is 17.0 Å². The average molecular weight is 507 g/mol. The van der Waals surface area contributed by atoms with Crippen molar-refractivity contribution in [1.29, 1.82) is 0 Å². The Morgan fingerprint density at radius 1 is 1.27 bits per heavy atom. The highest BCUT2D eigenvalue weighted by molar-refractivity contribution is 8.26. The van der Waals surface area contributed by atoms with Crippen LogP contribution in [0.4, 0.5) is 0 Å². The number of carboxylic acid groups (broad SMARTS) is 1. The SMILES string of the molecule is COc1cc(/C=C2\SC(=S)N(C(CC(N)=O)C(=O)O)C2=O)ccc1OCc1ccccc1Cl. The van der Waals surface area contributed by atoms with Crippen molar-refractivity contribution >= 4 is 63.8 Å². The number of benzene rings is 2. The molecule has 11 heteroatoms. The molecule has 0 saturated carbocycles. The van der Waals surface area contributed by atoms with Gasteiger partial charge in [0.15, 0.2) is 11.5 Å². The fourth-order valence-electron chi connectivity index (χ4n) is 3.04. The summed E-state index contributed by atoms with van der Waals surface area (Å²) in [5, 5.41) is 10.0. The molecule has 3 rings (SSSR count). The molecule has 0 radical (unpaired) electrons. The number of methoxy groups -OCH3 is 1. The maximum Gasteiger partial charge on any atom is 0.327 e. The number of thioether (sulfide) groups is 1. The first-order chi connectivity index (χ1) is 15.7. The van der Waals surface area contributed by atoms with Crippen LogP contribution in [0.2, 0.25) is 5.02 Å². The molecule has 0 aromatic heterocycles. The van der Waals surface area contributed by atoms with Gasteiger partial charge in [0.05, 0.1) is 18.4 Å². The van der Waals surface area contributed by atoms with Crippen LogP contribution < -0.4 is 15.2 Å². The number of aliphatic carboxylic acids is 1. The molecule has 2 aromatic carbocycles. The minimum atomic E-state index is -1.46. The summed E-state index contributed by atoms with van der Waals surface area (Å²) < 4.78 is 11.3. The van der Waals surface area contributed by atoms with Crippen LogP contribution in [0.25, 0.3) is 6.08 Å². The first-order valence-electron chi connectivity index (χ1n) is 9.53. The second-order valence-electron chi connectivity index (χ2n) is 6.87. The highest BCUT2D eigenvalue weighted by atomic mass is 35.5. The van der Waals surface area contributed by atoms with Gasteiger partial charge in [0, 0.05) is 10.6 Å². The maximum absolute atomic E-state index is 12.8. The molecule has 0 aliphatic carbocycles. The molecule has 3 N–H and O–H groups in total. The molecule has 0 bridgehead atoms. The number of hydrogen-bond acceptors (Lipinski definition) is 7. The van der Waals surface area contributed by atoms with Crippen LogP contribution in [-0.2, 0) is 21.0 Å². The molecule has 8 nitrogen and oxygen atoms in total. The van der Waals surface area contributed by atoms with Crippen molar-refractivity contribution in [2.24, 2.45) is 5.73 Å². The lowest BCUT2D eigenvalue weighted by molar-refractivity contribution is -0.146. The number of hydrogen-bond donors (Lipinski definition) is 2. The van der Waals surface area contributed by atoms with Gasteiger partial charge in [0.25, 0.3) is 5.91 Å². The Morgan fingerprint density at radius 2 is 2.00 bits per heavy atom. The molecule has 1 aliphatic heterocycles. The van der Waals surface area contributed by atoms with Crippen molar-refractivity contribution in [1.82, 2.24) is 4.90 Å². The van der Waals surface area contributed by atoms with Crippen molar-refractivity contribution in [3.63, 3.8) is 0 Å². The van der Waals surface area contributed by atoms with Crippen LogP contribution in [0.1, 0.15) is 17.5 Å². The molecule has 0 spiro atoms. The zero-order valence-corrected chi connectivity index (χ0v) is 19.7. The molecule has 1 saturated heterocycles. The summed E-state index contributed by atoms with van der Waals surface area (Å²) in [5.41, 5.74) is 6.55. The normalized spacial score (nSPS) is 15.6. The molecule has 2 amide bonds. The van der Waals surface area contributed by atoms with Gasteiger partial charge in [-0.15, -0.1) is 0 Å². The lowest BCUT2D eigenvalue weighted by Crippen LogP contribution is -2.46. The van der Waals surface area contributed by atoms with E-state index in [1.807, 2.05) is 18.2 Å². The Hall–Kier alpha value is -3.08. The van der Waals surface area contributed by atoms with Crippen LogP contribution in [-0.4, -0.2) is 45.3 Å². The Morgan fingerprint density at radius 3 is 2.64 bits per heavy atom. The standard InChI is InChI=1S/C22H19ClN2O6S2/c1-30-17-8-12(6-7-16(17)31-11-13-4-2-3-5-14(13)23)9-18-20(27)25(22(32)33-18)15(21(28)29)10-19(24)26/h2-9,15H,10-11H2,1H3,(H2,24,26)(H,28,29)/b18-9-. The Balaban J connectivity index is 1.81. The smallest absolute Gasteiger partial charge is 0.327 e. The predicted molar refractivity (Wildman–Crippen MR) is 129 cm³/mol. The summed E-state index contributed by atoms with van der Waals surface area (Å²) in [6.45, 7) is 0.241. The van der Waals surface area contributed by atoms with Gasteiger partial charge in [-0.1, -0.05) is 59.8 Å². The number of carboxylic acids is 1. The molecule has 1 aliphatic rings. The van der Waals surface area contributed by atoms with Crippen molar-refractivity contribution < 1.29 is 29.0 Å². The van der Waals surface area contributed by atoms with Gasteiger partial charge in [-0.25, -0.2) is 4.79 Å². The molecule has 2 aromatic rings. The number of thiocarbonyl (C=S) groups is 1. The third kappa shape index (κ3) is 5.84. The number of primary amides is 1. The average Bonchev–Trinajstić information content (AvgIpc) is 3.04. The zero-order chi connectivity index (χ0) is 24.1. The van der Waals surface area contributed by atoms with E-state index in [-0.39, 0.29) is 15.8 Å². The number of nitrogens with two attached hydrogens (primary N) is 1. The summed E-state index contributed by atoms with van der Waals surface area (Å²) >= 11 is 12.3. The molecular weight excluding hydrogens is 488 g/mol. The van der Waals surface area contributed by atoms with Crippen molar-refractivity contribution in [3.8, 4) is 11.5 Å². The van der Waals surface area contributed by atoms with Crippen molar-refractivity contribution in [2.45, 2.75) is 19.1 Å². The Labute approximate surface area is 204 Å². The summed E-state index contributed by atoms with van der Waals surface area (Å²) in [7, 11) is 1.49. The third-order valence-corrected chi connectivity index (χ3v) is 6.34. The molecular formula is C22H19ClN2O6S2. The molecule has 1 unspecified atom stereocenters. The van der Waals surface area contributed by atoms with Gasteiger partial charge < -0.3 is 20.3 Å². The van der Waals surface area contributed by atoms with E-state index in [1.54, 1.807) is 30.3 Å². The van der Waals surface area contributed by atoms with Gasteiger partial charge in [-0.05, 0) is 29.8 Å². The van der Waals surface area contributed by atoms with E-state index in [0.717, 1.165) is 22.2 Å². The number of halogens is 1. The van der Waals surface area contributed by atoms with E-state index >= 15 is 0 Å². The molecule has 1 fully saturated rings. The van der Waals surface area contributed by atoms with E-state index in [9.17, 15) is 19.5 Å². The largest absolute Gasteiger partial charge is 0.493 e. The van der Waals surface area contributed by atoms with Crippen LogP contribution in [0.3, 0.4) is 0 Å². The van der Waals surface area contributed by atoms with E-state index in [0.29, 0.717) is 22.1 Å². The lowest BCUT2D eigenvalue weighted by atomic mass is 10.1. The predicted octanol–water partition coefficient (Wildman–Crippen LogP) is 3.46. The maximum atomic E-state index is 12.8. The minimum absolute atomic E-state index is 0.0339. The van der Waals surface area contributed by atoms with Crippen molar-refractivity contribution in [2.75, 3.05) is 7.11 Å². The highest BCUT2D eigenvalue weighted by Crippen LogP contribution is 2.36.